The van der Waals surface area contributed by atoms with E-state index < -0.39 is 0 Å². The summed E-state index contributed by atoms with van der Waals surface area (Å²) in [6.45, 7) is 8.26. The van der Waals surface area contributed by atoms with Crippen molar-refractivity contribution in [3.63, 3.8) is 0 Å². The molecule has 0 fully saturated rings. The van der Waals surface area contributed by atoms with Gasteiger partial charge in [-0.2, -0.15) is 0 Å². The molecule has 192 valence electrons. The molecule has 0 amide bonds. The Morgan fingerprint density at radius 2 is 1.37 bits per heavy atom. The van der Waals surface area contributed by atoms with Crippen LogP contribution in [0.5, 0.6) is 0 Å². The van der Waals surface area contributed by atoms with E-state index in [1.54, 1.807) is 0 Å². The number of hydrogen-bond donors (Lipinski definition) is 1. The van der Waals surface area contributed by atoms with Crippen molar-refractivity contribution in [2.75, 3.05) is 0 Å². The van der Waals surface area contributed by atoms with Gasteiger partial charge in [0.25, 0.3) is 0 Å². The second kappa shape index (κ2) is 8.20. The molecule has 2 nitrogen and oxygen atoms in total. The Morgan fingerprint density at radius 1 is 0.634 bits per heavy atom. The maximum Gasteiger partial charge on any atom is 0.0789 e. The molecule has 0 aliphatic rings. The predicted molar refractivity (Wildman–Crippen MR) is 180 cm³/mol. The lowest BCUT2D eigenvalue weighted by Gasteiger charge is -2.12. The smallest absolute Gasteiger partial charge is 0.0789 e. The summed E-state index contributed by atoms with van der Waals surface area (Å²) < 4.78 is 5.14. The number of H-pyrrole nitrogens is 1. The van der Waals surface area contributed by atoms with Crippen LogP contribution in [-0.2, 0) is 0 Å². The van der Waals surface area contributed by atoms with Gasteiger partial charge in [-0.1, -0.05) is 92.0 Å². The number of benzene rings is 6. The molecule has 0 radical (unpaired) electrons. The van der Waals surface area contributed by atoms with Gasteiger partial charge < -0.3 is 9.55 Å². The Kier molecular flexibility index (Phi) is 4.53. The first-order chi connectivity index (χ1) is 20.2. The van der Waals surface area contributed by atoms with Gasteiger partial charge in [0.2, 0.25) is 0 Å². The van der Waals surface area contributed by atoms with Gasteiger partial charge in [0.1, 0.15) is 0 Å². The lowest BCUT2D eigenvalue weighted by atomic mass is 9.98. The highest BCUT2D eigenvalue weighted by atomic mass is 32.1. The van der Waals surface area contributed by atoms with E-state index in [0.29, 0.717) is 0 Å². The van der Waals surface area contributed by atoms with Crippen LogP contribution >= 0.6 is 11.3 Å². The van der Waals surface area contributed by atoms with E-state index in [1.165, 1.54) is 69.3 Å². The second-order valence-corrected chi connectivity index (χ2v) is 11.8. The number of hydrogen-bond acceptors (Lipinski definition) is 1. The fraction of sp³-hybridized carbons (Fsp3) is 0. The molecule has 0 spiro atoms. The minimum Gasteiger partial charge on any atom is -0.353 e. The second-order valence-electron chi connectivity index (χ2n) is 10.7. The molecule has 0 aliphatic carbocycles. The summed E-state index contributed by atoms with van der Waals surface area (Å²) >= 11 is 1.89. The molecule has 0 unspecified atom stereocenters. The Balaban J connectivity index is 1.56. The quantitative estimate of drug-likeness (QED) is 0.214. The molecule has 0 atom stereocenters. The van der Waals surface area contributed by atoms with Gasteiger partial charge in [-0.25, -0.2) is 0 Å². The average molecular weight is 541 g/mol. The molecule has 6 aromatic carbocycles. The number of rotatable bonds is 4. The highest BCUT2D eigenvalue weighted by Crippen LogP contribution is 2.49. The molecule has 9 aromatic rings. The molecule has 3 aromatic heterocycles. The topological polar surface area (TPSA) is 20.7 Å². The molecule has 0 saturated carbocycles. The van der Waals surface area contributed by atoms with Gasteiger partial charge in [0.15, 0.2) is 0 Å². The van der Waals surface area contributed by atoms with Crippen LogP contribution in [-0.4, -0.2) is 9.55 Å². The van der Waals surface area contributed by atoms with Crippen LogP contribution in [0, 0.1) is 0 Å². The molecular weight excluding hydrogens is 516 g/mol. The Hall–Kier alpha value is -5.12. The first-order valence-corrected chi connectivity index (χ1v) is 14.7. The van der Waals surface area contributed by atoms with Crippen LogP contribution in [0.25, 0.3) is 92.6 Å². The maximum atomic E-state index is 4.15. The van der Waals surface area contributed by atoms with Crippen LogP contribution in [0.1, 0.15) is 11.3 Å². The summed E-state index contributed by atoms with van der Waals surface area (Å²) in [6, 6.07) is 37.7. The first kappa shape index (κ1) is 22.7. The third-order valence-electron chi connectivity index (χ3n) is 8.61. The molecule has 3 heterocycles. The summed E-state index contributed by atoms with van der Waals surface area (Å²) in [6.07, 6.45) is 3.84. The maximum absolute atomic E-state index is 4.15. The minimum atomic E-state index is 0.999. The number of aromatic amines is 1. The zero-order valence-electron chi connectivity index (χ0n) is 22.2. The molecule has 0 aliphatic heterocycles. The van der Waals surface area contributed by atoms with E-state index in [-0.39, 0.29) is 0 Å². The third-order valence-corrected chi connectivity index (χ3v) is 9.80. The summed E-state index contributed by atoms with van der Waals surface area (Å²) in [5.74, 6) is 0. The molecule has 9 rings (SSSR count). The fourth-order valence-electron chi connectivity index (χ4n) is 6.85. The van der Waals surface area contributed by atoms with Crippen molar-refractivity contribution in [1.82, 2.24) is 9.55 Å². The van der Waals surface area contributed by atoms with Crippen LogP contribution in [0.2, 0.25) is 0 Å². The number of aromatic nitrogens is 2. The van der Waals surface area contributed by atoms with Crippen molar-refractivity contribution in [3.8, 4) is 16.8 Å². The highest BCUT2D eigenvalue weighted by molar-refractivity contribution is 7.26. The van der Waals surface area contributed by atoms with Crippen molar-refractivity contribution in [2.24, 2.45) is 0 Å². The van der Waals surface area contributed by atoms with Crippen LogP contribution < -0.4 is 0 Å². The summed E-state index contributed by atoms with van der Waals surface area (Å²) in [5, 5.41) is 8.91. The van der Waals surface area contributed by atoms with Gasteiger partial charge >= 0.3 is 0 Å². The predicted octanol–water partition coefficient (Wildman–Crippen LogP) is 11.2. The van der Waals surface area contributed by atoms with E-state index in [9.17, 15) is 0 Å². The van der Waals surface area contributed by atoms with Crippen molar-refractivity contribution in [1.29, 1.82) is 0 Å². The largest absolute Gasteiger partial charge is 0.353 e. The standard InChI is InChI=1S/C38H24N2S/c1-3-27-29-20-24-17-18-25-21-30-28-15-8-9-16-32(28)41-38(30)37-34(25)33(24)36(35(29)39-31(27)4-2)40(37)26-14-10-13-23(19-26)22-11-6-5-7-12-22/h3-21,39H,1-2H2. The van der Waals surface area contributed by atoms with Crippen molar-refractivity contribution >= 4 is 87.1 Å². The van der Waals surface area contributed by atoms with Crippen LogP contribution in [0.15, 0.2) is 116 Å². The zero-order chi connectivity index (χ0) is 27.2. The fourth-order valence-corrected chi connectivity index (χ4v) is 8.07. The van der Waals surface area contributed by atoms with Gasteiger partial charge in [-0.3, -0.25) is 0 Å². The van der Waals surface area contributed by atoms with Crippen LogP contribution in [0.3, 0.4) is 0 Å². The molecule has 0 saturated heterocycles. The van der Waals surface area contributed by atoms with E-state index in [4.69, 9.17) is 0 Å². The SMILES string of the molecule is C=Cc1[nH]c2c(cc3ccc4cc5c6ccccc6sc5c5c4c3c2n5-c2cccc(-c3ccccc3)c2)c1C=C. The van der Waals surface area contributed by atoms with Crippen molar-refractivity contribution < 1.29 is 0 Å². The molecule has 1 N–H and O–H groups in total. The van der Waals surface area contributed by atoms with Crippen molar-refractivity contribution in [2.45, 2.75) is 0 Å². The molecular formula is C38H24N2S. The Labute approximate surface area is 240 Å². The number of fused-ring (bicyclic) bond motifs is 6. The zero-order valence-corrected chi connectivity index (χ0v) is 23.1. The van der Waals surface area contributed by atoms with E-state index >= 15 is 0 Å². The first-order valence-electron chi connectivity index (χ1n) is 13.8. The Morgan fingerprint density at radius 3 is 2.17 bits per heavy atom. The third kappa shape index (κ3) is 2.96. The van der Waals surface area contributed by atoms with E-state index in [0.717, 1.165) is 22.5 Å². The van der Waals surface area contributed by atoms with Crippen LogP contribution in [0.4, 0.5) is 0 Å². The number of nitrogens with one attached hydrogen (secondary N) is 1. The summed E-state index contributed by atoms with van der Waals surface area (Å²) in [7, 11) is 0. The van der Waals surface area contributed by atoms with Gasteiger partial charge in [-0.15, -0.1) is 11.3 Å². The van der Waals surface area contributed by atoms with E-state index in [1.807, 2.05) is 23.5 Å². The Bertz CT molecular complexity index is 2500. The van der Waals surface area contributed by atoms with Gasteiger partial charge in [-0.05, 0) is 58.3 Å². The normalized spacial score (nSPS) is 12.1. The number of thiophene rings is 1. The monoisotopic (exact) mass is 540 g/mol. The molecule has 0 bridgehead atoms. The molecule has 41 heavy (non-hydrogen) atoms. The van der Waals surface area contributed by atoms with E-state index in [2.05, 4.69) is 126 Å². The van der Waals surface area contributed by atoms with Crippen molar-refractivity contribution in [3.05, 3.63) is 128 Å². The average Bonchev–Trinajstić information content (AvgIpc) is 3.70. The van der Waals surface area contributed by atoms with Gasteiger partial charge in [0, 0.05) is 48.6 Å². The minimum absolute atomic E-state index is 0.999. The van der Waals surface area contributed by atoms with Gasteiger partial charge in [0.05, 0.1) is 21.3 Å². The summed E-state index contributed by atoms with van der Waals surface area (Å²) in [4.78, 5) is 3.74. The lowest BCUT2D eigenvalue weighted by Crippen LogP contribution is -1.95. The number of nitrogens with zero attached hydrogens (tertiary/aromatic N) is 1. The highest BCUT2D eigenvalue weighted by Gasteiger charge is 2.25. The lowest BCUT2D eigenvalue weighted by molar-refractivity contribution is 1.19. The molecule has 3 heteroatoms. The summed E-state index contributed by atoms with van der Waals surface area (Å²) in [5.41, 5.74) is 9.24.